The Hall–Kier alpha value is -0.820. The first-order valence-electron chi connectivity index (χ1n) is 9.46. The molecule has 4 nitrogen and oxygen atoms in total. The van der Waals surface area contributed by atoms with Gasteiger partial charge in [0.05, 0.1) is 6.10 Å². The number of aliphatic hydroxyl groups is 1. The van der Waals surface area contributed by atoms with Gasteiger partial charge in [0.15, 0.2) is 5.96 Å². The fourth-order valence-electron chi connectivity index (χ4n) is 4.11. The van der Waals surface area contributed by atoms with Crippen LogP contribution in [-0.4, -0.2) is 48.2 Å². The van der Waals surface area contributed by atoms with Crippen LogP contribution >= 0.6 is 24.0 Å². The monoisotopic (exact) mass is 457 g/mol. The number of halogens is 1. The lowest BCUT2D eigenvalue weighted by Gasteiger charge is -2.23. The molecule has 1 aromatic rings. The van der Waals surface area contributed by atoms with Gasteiger partial charge in [-0.1, -0.05) is 30.7 Å². The lowest BCUT2D eigenvalue weighted by molar-refractivity contribution is 0.136. The summed E-state index contributed by atoms with van der Waals surface area (Å²) < 4.78 is 0. The van der Waals surface area contributed by atoms with Gasteiger partial charge < -0.3 is 15.3 Å². The number of aliphatic hydroxyl groups excluding tert-OH is 1. The van der Waals surface area contributed by atoms with Crippen molar-refractivity contribution >= 4 is 29.9 Å². The Balaban J connectivity index is 0.00000225. The molecule has 0 bridgehead atoms. The molecule has 0 spiro atoms. The van der Waals surface area contributed by atoms with E-state index in [4.69, 9.17) is 4.99 Å². The lowest BCUT2D eigenvalue weighted by Crippen LogP contribution is -2.40. The fraction of sp³-hybridized carbons (Fsp3) is 0.650. The van der Waals surface area contributed by atoms with Gasteiger partial charge in [-0.15, -0.1) is 24.0 Å². The van der Waals surface area contributed by atoms with Crippen molar-refractivity contribution < 1.29 is 5.11 Å². The average molecular weight is 457 g/mol. The minimum absolute atomic E-state index is 0. The third kappa shape index (κ3) is 5.09. The smallest absolute Gasteiger partial charge is 0.193 e. The number of aliphatic imine (C=N–C) groups is 1. The maximum absolute atomic E-state index is 10.0. The molecule has 3 unspecified atom stereocenters. The molecular weight excluding hydrogens is 425 g/mol. The zero-order valence-electron chi connectivity index (χ0n) is 15.4. The van der Waals surface area contributed by atoms with Crippen LogP contribution < -0.4 is 5.32 Å². The van der Waals surface area contributed by atoms with Crippen molar-refractivity contribution in [2.24, 2.45) is 10.9 Å². The number of benzene rings is 1. The molecule has 1 aromatic carbocycles. The van der Waals surface area contributed by atoms with Crippen LogP contribution in [0, 0.1) is 12.8 Å². The maximum atomic E-state index is 10.0. The number of aryl methyl sites for hydroxylation is 1. The summed E-state index contributed by atoms with van der Waals surface area (Å²) in [5.41, 5.74) is 2.86. The van der Waals surface area contributed by atoms with Crippen LogP contribution in [0.25, 0.3) is 0 Å². The van der Waals surface area contributed by atoms with Crippen LogP contribution in [-0.2, 0) is 0 Å². The molecule has 1 saturated carbocycles. The van der Waals surface area contributed by atoms with E-state index >= 15 is 0 Å². The summed E-state index contributed by atoms with van der Waals surface area (Å²) in [7, 11) is 0. The predicted octanol–water partition coefficient (Wildman–Crippen LogP) is 3.53. The Labute approximate surface area is 169 Å². The van der Waals surface area contributed by atoms with Gasteiger partial charge in [0, 0.05) is 38.0 Å². The molecule has 5 heteroatoms. The summed E-state index contributed by atoms with van der Waals surface area (Å²) in [6.45, 7) is 8.04. The van der Waals surface area contributed by atoms with Crippen molar-refractivity contribution in [3.63, 3.8) is 0 Å². The van der Waals surface area contributed by atoms with Gasteiger partial charge in [-0.25, -0.2) is 0 Å². The second-order valence-electron chi connectivity index (χ2n) is 7.24. The van der Waals surface area contributed by atoms with Crippen LogP contribution in [0.15, 0.2) is 29.3 Å². The Morgan fingerprint density at radius 3 is 2.76 bits per heavy atom. The third-order valence-electron chi connectivity index (χ3n) is 5.55. The average Bonchev–Trinajstić information content (AvgIpc) is 3.21. The molecule has 1 aliphatic heterocycles. The highest BCUT2D eigenvalue weighted by Gasteiger charge is 2.28. The quantitative estimate of drug-likeness (QED) is 0.413. The minimum Gasteiger partial charge on any atom is -0.393 e. The van der Waals surface area contributed by atoms with Gasteiger partial charge in [-0.3, -0.25) is 4.99 Å². The highest BCUT2D eigenvalue weighted by Crippen LogP contribution is 2.30. The summed E-state index contributed by atoms with van der Waals surface area (Å²) in [6, 6.07) is 8.73. The minimum atomic E-state index is -0.157. The molecule has 0 aromatic heterocycles. The van der Waals surface area contributed by atoms with Crippen LogP contribution in [0.3, 0.4) is 0 Å². The summed E-state index contributed by atoms with van der Waals surface area (Å²) in [5, 5.41) is 13.5. The van der Waals surface area contributed by atoms with E-state index in [1.165, 1.54) is 17.5 Å². The summed E-state index contributed by atoms with van der Waals surface area (Å²) in [6.07, 6.45) is 4.21. The highest BCUT2D eigenvalue weighted by molar-refractivity contribution is 14.0. The second-order valence-corrected chi connectivity index (χ2v) is 7.24. The first-order chi connectivity index (χ1) is 11.7. The molecule has 2 fully saturated rings. The van der Waals surface area contributed by atoms with E-state index in [2.05, 4.69) is 48.3 Å². The van der Waals surface area contributed by atoms with Gasteiger partial charge in [0.25, 0.3) is 0 Å². The number of rotatable bonds is 4. The molecular formula is C20H32IN3O. The van der Waals surface area contributed by atoms with Crippen molar-refractivity contribution in [3.8, 4) is 0 Å². The molecule has 1 saturated heterocycles. The van der Waals surface area contributed by atoms with Crippen molar-refractivity contribution in [1.82, 2.24) is 10.2 Å². The molecule has 0 radical (unpaired) electrons. The van der Waals surface area contributed by atoms with E-state index in [0.29, 0.717) is 11.8 Å². The molecule has 1 aliphatic carbocycles. The number of nitrogens with one attached hydrogen (secondary N) is 1. The molecule has 2 aliphatic rings. The van der Waals surface area contributed by atoms with Crippen LogP contribution in [0.1, 0.15) is 49.7 Å². The van der Waals surface area contributed by atoms with Gasteiger partial charge in [0.1, 0.15) is 0 Å². The molecule has 3 atom stereocenters. The zero-order valence-corrected chi connectivity index (χ0v) is 17.8. The first kappa shape index (κ1) is 20.5. The molecule has 2 N–H and O–H groups in total. The second kappa shape index (κ2) is 9.76. The van der Waals surface area contributed by atoms with Crippen molar-refractivity contribution in [2.45, 2.75) is 51.6 Å². The van der Waals surface area contributed by atoms with E-state index in [0.717, 1.165) is 51.4 Å². The number of nitrogens with zero attached hydrogens (tertiary/aromatic N) is 2. The topological polar surface area (TPSA) is 47.9 Å². The van der Waals surface area contributed by atoms with Crippen LogP contribution in [0.2, 0.25) is 0 Å². The molecule has 3 rings (SSSR count). The normalized spacial score (nSPS) is 26.6. The first-order valence-corrected chi connectivity index (χ1v) is 9.46. The molecule has 25 heavy (non-hydrogen) atoms. The molecule has 1 heterocycles. The number of hydrogen-bond donors (Lipinski definition) is 2. The van der Waals surface area contributed by atoms with Gasteiger partial charge in [-0.2, -0.15) is 0 Å². The van der Waals surface area contributed by atoms with Gasteiger partial charge in [-0.05, 0) is 44.2 Å². The largest absolute Gasteiger partial charge is 0.393 e. The van der Waals surface area contributed by atoms with Crippen LogP contribution in [0.5, 0.6) is 0 Å². The summed E-state index contributed by atoms with van der Waals surface area (Å²) >= 11 is 0. The molecule has 140 valence electrons. The lowest BCUT2D eigenvalue weighted by atomic mass is 9.94. The summed E-state index contributed by atoms with van der Waals surface area (Å²) in [5.74, 6) is 1.95. The Morgan fingerprint density at radius 1 is 1.28 bits per heavy atom. The third-order valence-corrected chi connectivity index (χ3v) is 5.55. The number of guanidine groups is 1. The van der Waals surface area contributed by atoms with E-state index in [1.807, 2.05) is 0 Å². The van der Waals surface area contributed by atoms with Crippen molar-refractivity contribution in [1.29, 1.82) is 0 Å². The van der Waals surface area contributed by atoms with Gasteiger partial charge >= 0.3 is 0 Å². The SMILES string of the molecule is CCNC(=NCC1CCCC1O)N1CCC(c2ccccc2C)C1.I. The standard InChI is InChI=1S/C20H31N3O.HI/c1-3-21-20(22-13-16-8-6-10-19(16)24)23-12-11-17(14-23)18-9-5-4-7-15(18)2;/h4-5,7,9,16-17,19,24H,3,6,8,10-14H2,1-2H3,(H,21,22);1H. The van der Waals surface area contributed by atoms with E-state index in [9.17, 15) is 5.11 Å². The van der Waals surface area contributed by atoms with Crippen LogP contribution in [0.4, 0.5) is 0 Å². The van der Waals surface area contributed by atoms with Crippen molar-refractivity contribution in [2.75, 3.05) is 26.2 Å². The zero-order chi connectivity index (χ0) is 16.9. The van der Waals surface area contributed by atoms with Gasteiger partial charge in [0.2, 0.25) is 0 Å². The summed E-state index contributed by atoms with van der Waals surface area (Å²) in [4.78, 5) is 7.24. The van der Waals surface area contributed by atoms with E-state index in [1.54, 1.807) is 0 Å². The number of hydrogen-bond acceptors (Lipinski definition) is 2. The Bertz CT molecular complexity index is 578. The maximum Gasteiger partial charge on any atom is 0.193 e. The molecule has 0 amide bonds. The highest BCUT2D eigenvalue weighted by atomic mass is 127. The van der Waals surface area contributed by atoms with E-state index in [-0.39, 0.29) is 30.1 Å². The Morgan fingerprint density at radius 2 is 2.08 bits per heavy atom. The number of likely N-dealkylation sites (tertiary alicyclic amines) is 1. The predicted molar refractivity (Wildman–Crippen MR) is 115 cm³/mol. The fourth-order valence-corrected chi connectivity index (χ4v) is 4.11. The van der Waals surface area contributed by atoms with E-state index < -0.39 is 0 Å². The Kier molecular flexibility index (Phi) is 8.00. The van der Waals surface area contributed by atoms with Crippen molar-refractivity contribution in [3.05, 3.63) is 35.4 Å².